The molecule has 3 rings (SSSR count). The number of hydrogen-bond acceptors (Lipinski definition) is 5. The molecule has 1 heterocycles. The smallest absolute Gasteiger partial charge is 0.227 e. The van der Waals surface area contributed by atoms with Crippen LogP contribution in [0.15, 0.2) is 47.0 Å². The zero-order chi connectivity index (χ0) is 20.6. The molecule has 5 nitrogen and oxygen atoms in total. The van der Waals surface area contributed by atoms with Gasteiger partial charge in [0.05, 0.1) is 11.6 Å². The third kappa shape index (κ3) is 5.72. The molecular formula is C23H25FN4O. The van der Waals surface area contributed by atoms with Gasteiger partial charge >= 0.3 is 0 Å². The van der Waals surface area contributed by atoms with Gasteiger partial charge in [-0.05, 0) is 62.2 Å². The molecule has 0 saturated heterocycles. The predicted molar refractivity (Wildman–Crippen MR) is 109 cm³/mol. The molecule has 0 aliphatic heterocycles. The number of nitrogens with zero attached hydrogens (tertiary/aromatic N) is 4. The van der Waals surface area contributed by atoms with Gasteiger partial charge in [0.25, 0.3) is 0 Å². The summed E-state index contributed by atoms with van der Waals surface area (Å²) in [7, 11) is 0. The Kier molecular flexibility index (Phi) is 7.09. The van der Waals surface area contributed by atoms with E-state index in [1.807, 2.05) is 24.3 Å². The SMILES string of the molecule is CCCN(CCCc1nc(-c2ccc(C)c(F)c2)no1)Cc1ccc(C#N)cc1. The summed E-state index contributed by atoms with van der Waals surface area (Å²) < 4.78 is 19.1. The Morgan fingerprint density at radius 1 is 1.14 bits per heavy atom. The molecule has 0 fully saturated rings. The normalized spacial score (nSPS) is 11.0. The van der Waals surface area contributed by atoms with E-state index in [0.717, 1.165) is 32.5 Å². The number of aryl methyl sites for hydroxylation is 2. The van der Waals surface area contributed by atoms with Crippen LogP contribution in [0.1, 0.15) is 42.3 Å². The average molecular weight is 392 g/mol. The molecule has 150 valence electrons. The van der Waals surface area contributed by atoms with E-state index in [2.05, 4.69) is 28.0 Å². The van der Waals surface area contributed by atoms with E-state index in [1.54, 1.807) is 19.1 Å². The van der Waals surface area contributed by atoms with E-state index in [0.29, 0.717) is 34.8 Å². The number of nitriles is 1. The monoisotopic (exact) mass is 392 g/mol. The van der Waals surface area contributed by atoms with Crippen LogP contribution in [0.4, 0.5) is 4.39 Å². The zero-order valence-corrected chi connectivity index (χ0v) is 16.9. The van der Waals surface area contributed by atoms with Crippen LogP contribution in [0, 0.1) is 24.1 Å². The van der Waals surface area contributed by atoms with Crippen molar-refractivity contribution in [1.82, 2.24) is 15.0 Å². The van der Waals surface area contributed by atoms with Gasteiger partial charge in [0.15, 0.2) is 0 Å². The van der Waals surface area contributed by atoms with Crippen molar-refractivity contribution in [2.45, 2.75) is 39.7 Å². The largest absolute Gasteiger partial charge is 0.339 e. The summed E-state index contributed by atoms with van der Waals surface area (Å²) in [5.74, 6) is 0.713. The van der Waals surface area contributed by atoms with Gasteiger partial charge in [0.1, 0.15) is 5.82 Å². The quantitative estimate of drug-likeness (QED) is 0.518. The molecule has 0 bridgehead atoms. The maximum absolute atomic E-state index is 13.7. The van der Waals surface area contributed by atoms with Crippen molar-refractivity contribution in [2.75, 3.05) is 13.1 Å². The first-order valence-electron chi connectivity index (χ1n) is 9.89. The Hall–Kier alpha value is -3.04. The van der Waals surface area contributed by atoms with Gasteiger partial charge in [-0.1, -0.05) is 36.3 Å². The minimum atomic E-state index is -0.271. The number of benzene rings is 2. The molecule has 1 aromatic heterocycles. The second kappa shape index (κ2) is 9.94. The number of halogens is 1. The van der Waals surface area contributed by atoms with Crippen LogP contribution in [0.5, 0.6) is 0 Å². The van der Waals surface area contributed by atoms with Crippen LogP contribution in [0.2, 0.25) is 0 Å². The highest BCUT2D eigenvalue weighted by atomic mass is 19.1. The van der Waals surface area contributed by atoms with Gasteiger partial charge < -0.3 is 4.52 Å². The minimum Gasteiger partial charge on any atom is -0.339 e. The van der Waals surface area contributed by atoms with Gasteiger partial charge in [-0.3, -0.25) is 4.90 Å². The van der Waals surface area contributed by atoms with E-state index in [-0.39, 0.29) is 5.82 Å². The van der Waals surface area contributed by atoms with Crippen molar-refractivity contribution in [3.63, 3.8) is 0 Å². The lowest BCUT2D eigenvalue weighted by molar-refractivity contribution is 0.257. The highest BCUT2D eigenvalue weighted by Crippen LogP contribution is 2.19. The number of aromatic nitrogens is 2. The third-order valence-electron chi connectivity index (χ3n) is 4.79. The highest BCUT2D eigenvalue weighted by molar-refractivity contribution is 5.54. The van der Waals surface area contributed by atoms with Gasteiger partial charge in [0.2, 0.25) is 11.7 Å². The Labute approximate surface area is 170 Å². The molecule has 0 radical (unpaired) electrons. The highest BCUT2D eigenvalue weighted by Gasteiger charge is 2.11. The summed E-state index contributed by atoms with van der Waals surface area (Å²) in [6.07, 6.45) is 2.63. The van der Waals surface area contributed by atoms with Gasteiger partial charge in [-0.15, -0.1) is 0 Å². The lowest BCUT2D eigenvalue weighted by Crippen LogP contribution is -2.25. The van der Waals surface area contributed by atoms with Crippen molar-refractivity contribution in [3.8, 4) is 17.5 Å². The number of rotatable bonds is 9. The molecule has 0 amide bonds. The van der Waals surface area contributed by atoms with Crippen LogP contribution in [0.3, 0.4) is 0 Å². The van der Waals surface area contributed by atoms with Crippen LogP contribution in [0.25, 0.3) is 11.4 Å². The molecule has 0 aliphatic rings. The second-order valence-corrected chi connectivity index (χ2v) is 7.16. The van der Waals surface area contributed by atoms with Crippen LogP contribution < -0.4 is 0 Å². The maximum Gasteiger partial charge on any atom is 0.227 e. The van der Waals surface area contributed by atoms with Gasteiger partial charge in [0, 0.05) is 18.5 Å². The molecule has 2 aromatic carbocycles. The van der Waals surface area contributed by atoms with E-state index in [1.165, 1.54) is 11.6 Å². The molecule has 3 aromatic rings. The van der Waals surface area contributed by atoms with Crippen molar-refractivity contribution < 1.29 is 8.91 Å². The van der Waals surface area contributed by atoms with E-state index in [9.17, 15) is 4.39 Å². The predicted octanol–water partition coefficient (Wildman–Crippen LogP) is 4.90. The Morgan fingerprint density at radius 2 is 1.93 bits per heavy atom. The zero-order valence-electron chi connectivity index (χ0n) is 16.9. The maximum atomic E-state index is 13.7. The molecule has 0 saturated carbocycles. The van der Waals surface area contributed by atoms with E-state index in [4.69, 9.17) is 9.78 Å². The summed E-state index contributed by atoms with van der Waals surface area (Å²) in [6.45, 7) is 6.64. The fourth-order valence-electron chi connectivity index (χ4n) is 3.19. The van der Waals surface area contributed by atoms with Crippen LogP contribution in [-0.2, 0) is 13.0 Å². The fraction of sp³-hybridized carbons (Fsp3) is 0.348. The van der Waals surface area contributed by atoms with Gasteiger partial charge in [-0.25, -0.2) is 4.39 Å². The van der Waals surface area contributed by atoms with Crippen LogP contribution >= 0.6 is 0 Å². The van der Waals surface area contributed by atoms with Crippen LogP contribution in [-0.4, -0.2) is 28.1 Å². The van der Waals surface area contributed by atoms with E-state index >= 15 is 0 Å². The first-order chi connectivity index (χ1) is 14.1. The Morgan fingerprint density at radius 3 is 2.62 bits per heavy atom. The standard InChI is InChI=1S/C23H25FN4O/c1-3-12-28(16-19-9-7-18(15-25)8-10-19)13-4-5-22-26-23(27-29-22)20-11-6-17(2)21(24)14-20/h6-11,14H,3-5,12-13,16H2,1-2H3. The topological polar surface area (TPSA) is 66.0 Å². The lowest BCUT2D eigenvalue weighted by atomic mass is 10.1. The molecule has 0 aliphatic carbocycles. The fourth-order valence-corrected chi connectivity index (χ4v) is 3.19. The molecular weight excluding hydrogens is 367 g/mol. The summed E-state index contributed by atoms with van der Waals surface area (Å²) in [4.78, 5) is 6.79. The third-order valence-corrected chi connectivity index (χ3v) is 4.79. The average Bonchev–Trinajstić information content (AvgIpc) is 3.19. The summed E-state index contributed by atoms with van der Waals surface area (Å²) in [5.41, 5.74) is 3.09. The van der Waals surface area contributed by atoms with Crippen molar-refractivity contribution >= 4 is 0 Å². The molecule has 0 atom stereocenters. The first-order valence-corrected chi connectivity index (χ1v) is 9.89. The molecule has 0 spiro atoms. The number of hydrogen-bond donors (Lipinski definition) is 0. The van der Waals surface area contributed by atoms with Gasteiger partial charge in [-0.2, -0.15) is 10.2 Å². The van der Waals surface area contributed by atoms with Crippen molar-refractivity contribution in [2.24, 2.45) is 0 Å². The Bertz CT molecular complexity index is 975. The summed E-state index contributed by atoms with van der Waals surface area (Å²) in [5, 5.41) is 12.9. The summed E-state index contributed by atoms with van der Waals surface area (Å²) in [6, 6.07) is 14.8. The Balaban J connectivity index is 1.55. The van der Waals surface area contributed by atoms with Crippen molar-refractivity contribution in [3.05, 3.63) is 70.9 Å². The van der Waals surface area contributed by atoms with Crippen molar-refractivity contribution in [1.29, 1.82) is 5.26 Å². The molecule has 0 N–H and O–H groups in total. The molecule has 29 heavy (non-hydrogen) atoms. The first kappa shape index (κ1) is 20.7. The molecule has 0 unspecified atom stereocenters. The minimum absolute atomic E-state index is 0.271. The molecule has 6 heteroatoms. The lowest BCUT2D eigenvalue weighted by Gasteiger charge is -2.21. The second-order valence-electron chi connectivity index (χ2n) is 7.16. The van der Waals surface area contributed by atoms with E-state index < -0.39 is 0 Å². The summed E-state index contributed by atoms with van der Waals surface area (Å²) >= 11 is 0.